The monoisotopic (exact) mass is 299 g/mol. The lowest BCUT2D eigenvalue weighted by Gasteiger charge is -2.12. The summed E-state index contributed by atoms with van der Waals surface area (Å²) >= 11 is 0. The van der Waals surface area contributed by atoms with Gasteiger partial charge in [-0.25, -0.2) is 9.37 Å². The molecule has 0 aliphatic rings. The fourth-order valence-corrected chi connectivity index (χ4v) is 1.65. The maximum absolute atomic E-state index is 13.8. The van der Waals surface area contributed by atoms with Gasteiger partial charge in [0.25, 0.3) is 5.88 Å². The molecule has 0 atom stereocenters. The molecule has 110 valence electrons. The Labute approximate surface area is 117 Å². The molecular formula is C14H9F4NO2. The molecule has 0 aliphatic carbocycles. The number of aldehydes is 1. The average Bonchev–Trinajstić information content (AvgIpc) is 2.45. The van der Waals surface area contributed by atoms with Crippen LogP contribution in [0.1, 0.15) is 21.5 Å². The number of rotatable bonds is 4. The van der Waals surface area contributed by atoms with Crippen molar-refractivity contribution in [1.82, 2.24) is 4.98 Å². The van der Waals surface area contributed by atoms with E-state index in [1.807, 2.05) is 0 Å². The van der Waals surface area contributed by atoms with Crippen molar-refractivity contribution in [1.29, 1.82) is 0 Å². The lowest BCUT2D eigenvalue weighted by atomic mass is 10.1. The largest absolute Gasteiger partial charge is 0.471 e. The van der Waals surface area contributed by atoms with E-state index in [2.05, 4.69) is 4.98 Å². The first-order valence-electron chi connectivity index (χ1n) is 5.81. The Balaban J connectivity index is 2.28. The first-order valence-corrected chi connectivity index (χ1v) is 5.81. The Morgan fingerprint density at radius 2 is 1.86 bits per heavy atom. The molecular weight excluding hydrogens is 290 g/mol. The first-order chi connectivity index (χ1) is 9.93. The van der Waals surface area contributed by atoms with Gasteiger partial charge in [0.2, 0.25) is 0 Å². The van der Waals surface area contributed by atoms with Gasteiger partial charge in [-0.2, -0.15) is 13.2 Å². The first kappa shape index (κ1) is 15.0. The lowest BCUT2D eigenvalue weighted by molar-refractivity contribution is -0.138. The van der Waals surface area contributed by atoms with Crippen LogP contribution in [0.5, 0.6) is 5.88 Å². The number of benzene rings is 1. The summed E-state index contributed by atoms with van der Waals surface area (Å²) in [6, 6.07) is 8.62. The zero-order valence-electron chi connectivity index (χ0n) is 10.5. The van der Waals surface area contributed by atoms with Crippen LogP contribution in [0.2, 0.25) is 0 Å². The summed E-state index contributed by atoms with van der Waals surface area (Å²) in [4.78, 5) is 14.0. The number of halogens is 4. The molecule has 0 saturated heterocycles. The van der Waals surface area contributed by atoms with Crippen LogP contribution in [0.15, 0.2) is 36.5 Å². The Morgan fingerprint density at radius 3 is 2.43 bits per heavy atom. The molecule has 1 heterocycles. The quantitative estimate of drug-likeness (QED) is 0.639. The van der Waals surface area contributed by atoms with Crippen molar-refractivity contribution in [3.05, 3.63) is 59.0 Å². The Bertz CT molecular complexity index is 641. The highest BCUT2D eigenvalue weighted by Gasteiger charge is 2.36. The van der Waals surface area contributed by atoms with Crippen molar-refractivity contribution in [2.75, 3.05) is 0 Å². The van der Waals surface area contributed by atoms with Crippen LogP contribution < -0.4 is 4.74 Å². The van der Waals surface area contributed by atoms with E-state index in [0.717, 1.165) is 0 Å². The van der Waals surface area contributed by atoms with E-state index < -0.39 is 29.0 Å². The topological polar surface area (TPSA) is 39.2 Å². The Kier molecular flexibility index (Phi) is 4.21. The van der Waals surface area contributed by atoms with Crippen molar-refractivity contribution in [2.45, 2.75) is 12.8 Å². The minimum atomic E-state index is -4.86. The second-order valence-corrected chi connectivity index (χ2v) is 4.09. The third-order valence-corrected chi connectivity index (χ3v) is 2.67. The van der Waals surface area contributed by atoms with Gasteiger partial charge in [0.15, 0.2) is 12.1 Å². The van der Waals surface area contributed by atoms with Gasteiger partial charge in [-0.15, -0.1) is 0 Å². The van der Waals surface area contributed by atoms with E-state index in [0.29, 0.717) is 11.8 Å². The number of hydrogen-bond donors (Lipinski definition) is 0. The molecule has 2 aromatic rings. The highest BCUT2D eigenvalue weighted by Crippen LogP contribution is 2.33. The molecule has 0 saturated carbocycles. The van der Waals surface area contributed by atoms with Crippen molar-refractivity contribution in [3.63, 3.8) is 0 Å². The fraction of sp³-hybridized carbons (Fsp3) is 0.143. The molecule has 3 nitrogen and oxygen atoms in total. The van der Waals surface area contributed by atoms with Crippen molar-refractivity contribution < 1.29 is 27.1 Å². The van der Waals surface area contributed by atoms with Crippen LogP contribution in [0, 0.1) is 5.82 Å². The maximum Gasteiger partial charge on any atom is 0.418 e. The molecule has 7 heteroatoms. The fourth-order valence-electron chi connectivity index (χ4n) is 1.65. The molecule has 0 radical (unpaired) electrons. The van der Waals surface area contributed by atoms with E-state index in [9.17, 15) is 22.4 Å². The molecule has 2 rings (SSSR count). The third kappa shape index (κ3) is 3.36. The van der Waals surface area contributed by atoms with Gasteiger partial charge in [-0.05, 0) is 5.56 Å². The summed E-state index contributed by atoms with van der Waals surface area (Å²) in [5.41, 5.74) is -1.85. The molecule has 1 aromatic heterocycles. The van der Waals surface area contributed by atoms with Crippen LogP contribution in [0.25, 0.3) is 0 Å². The van der Waals surface area contributed by atoms with Gasteiger partial charge < -0.3 is 4.74 Å². The summed E-state index contributed by atoms with van der Waals surface area (Å²) in [6.45, 7) is -0.0750. The molecule has 0 aliphatic heterocycles. The molecule has 0 N–H and O–H groups in total. The van der Waals surface area contributed by atoms with Crippen molar-refractivity contribution >= 4 is 6.29 Å². The van der Waals surface area contributed by atoms with Gasteiger partial charge in [0.1, 0.15) is 6.61 Å². The average molecular weight is 299 g/mol. The van der Waals surface area contributed by atoms with Gasteiger partial charge in [-0.3, -0.25) is 4.79 Å². The van der Waals surface area contributed by atoms with Crippen LogP contribution >= 0.6 is 0 Å². The van der Waals surface area contributed by atoms with Crippen molar-refractivity contribution in [2.24, 2.45) is 0 Å². The number of nitrogens with zero attached hydrogens (tertiary/aromatic N) is 1. The van der Waals surface area contributed by atoms with Gasteiger partial charge in [0, 0.05) is 6.20 Å². The van der Waals surface area contributed by atoms with Crippen LogP contribution in [0.4, 0.5) is 17.6 Å². The number of carbonyl (C=O) groups excluding carboxylic acids is 1. The predicted octanol–water partition coefficient (Wildman–Crippen LogP) is 3.63. The lowest BCUT2D eigenvalue weighted by Crippen LogP contribution is -2.13. The summed E-state index contributed by atoms with van der Waals surface area (Å²) in [5.74, 6) is -2.07. The highest BCUT2D eigenvalue weighted by atomic mass is 19.4. The number of aromatic nitrogens is 1. The number of carbonyl (C=O) groups is 1. The summed E-state index contributed by atoms with van der Waals surface area (Å²) in [6.07, 6.45) is -4.68. The Morgan fingerprint density at radius 1 is 1.19 bits per heavy atom. The summed E-state index contributed by atoms with van der Waals surface area (Å²) in [5, 5.41) is 0. The minimum absolute atomic E-state index is 0.0750. The minimum Gasteiger partial charge on any atom is -0.471 e. The van der Waals surface area contributed by atoms with E-state index in [1.54, 1.807) is 30.3 Å². The number of hydrogen-bond acceptors (Lipinski definition) is 3. The van der Waals surface area contributed by atoms with Crippen LogP contribution in [-0.2, 0) is 12.8 Å². The molecule has 0 spiro atoms. The highest BCUT2D eigenvalue weighted by molar-refractivity contribution is 5.78. The SMILES string of the molecule is O=Cc1c(C(F)(F)F)cnc(OCc2ccccc2)c1F. The molecule has 1 aromatic carbocycles. The standard InChI is InChI=1S/C14H9F4NO2/c15-12-10(7-20)11(14(16,17)18)6-19-13(12)21-8-9-4-2-1-3-5-9/h1-7H,8H2. The molecule has 0 amide bonds. The molecule has 0 bridgehead atoms. The van der Waals surface area contributed by atoms with Gasteiger partial charge in [-0.1, -0.05) is 30.3 Å². The van der Waals surface area contributed by atoms with E-state index >= 15 is 0 Å². The van der Waals surface area contributed by atoms with E-state index in [1.165, 1.54) is 0 Å². The number of alkyl halides is 3. The van der Waals surface area contributed by atoms with E-state index in [4.69, 9.17) is 4.74 Å². The second-order valence-electron chi connectivity index (χ2n) is 4.09. The van der Waals surface area contributed by atoms with Crippen LogP contribution in [-0.4, -0.2) is 11.3 Å². The summed E-state index contributed by atoms with van der Waals surface area (Å²) < 4.78 is 56.6. The summed E-state index contributed by atoms with van der Waals surface area (Å²) in [7, 11) is 0. The van der Waals surface area contributed by atoms with Crippen molar-refractivity contribution in [3.8, 4) is 5.88 Å². The predicted molar refractivity (Wildman–Crippen MR) is 65.4 cm³/mol. The van der Waals surface area contributed by atoms with Crippen LogP contribution in [0.3, 0.4) is 0 Å². The zero-order chi connectivity index (χ0) is 15.5. The Hall–Kier alpha value is -2.44. The number of ether oxygens (including phenoxy) is 1. The van der Waals surface area contributed by atoms with Gasteiger partial charge >= 0.3 is 6.18 Å². The zero-order valence-corrected chi connectivity index (χ0v) is 10.5. The molecule has 21 heavy (non-hydrogen) atoms. The van der Waals surface area contributed by atoms with Gasteiger partial charge in [0.05, 0.1) is 11.1 Å². The maximum atomic E-state index is 13.8. The van der Waals surface area contributed by atoms with E-state index in [-0.39, 0.29) is 12.9 Å². The smallest absolute Gasteiger partial charge is 0.418 e. The third-order valence-electron chi connectivity index (χ3n) is 2.67. The number of pyridine rings is 1. The molecule has 0 fully saturated rings. The normalized spacial score (nSPS) is 11.2. The second kappa shape index (κ2) is 5.90. The molecule has 0 unspecified atom stereocenters.